The molecule has 2 rings (SSSR count). The molecule has 0 radical (unpaired) electrons. The van der Waals surface area contributed by atoms with Gasteiger partial charge in [-0.15, -0.1) is 0 Å². The maximum atomic E-state index is 2.36. The molecule has 0 aromatic heterocycles. The molecule has 0 aliphatic heterocycles. The third-order valence-corrected chi connectivity index (χ3v) is 4.33. The van der Waals surface area contributed by atoms with Crippen LogP contribution < -0.4 is 0 Å². The molecule has 0 saturated carbocycles. The summed E-state index contributed by atoms with van der Waals surface area (Å²) in [6.07, 6.45) is 9.39. The number of hydrogen-bond donors (Lipinski definition) is 0. The van der Waals surface area contributed by atoms with E-state index < -0.39 is 0 Å². The average Bonchev–Trinajstić information content (AvgIpc) is 2.50. The molecule has 0 aliphatic carbocycles. The first-order chi connectivity index (χ1) is 9.86. The summed E-state index contributed by atoms with van der Waals surface area (Å²) in [7, 11) is 0. The van der Waals surface area contributed by atoms with Crippen LogP contribution in [-0.4, -0.2) is 0 Å². The van der Waals surface area contributed by atoms with E-state index in [1.54, 1.807) is 5.56 Å². The zero-order valence-corrected chi connectivity index (χ0v) is 13.1. The molecule has 0 spiro atoms. The molecule has 108 valence electrons. The Bertz CT molecular complexity index is 507. The lowest BCUT2D eigenvalue weighted by Crippen LogP contribution is -2.00. The van der Waals surface area contributed by atoms with E-state index in [1.807, 2.05) is 0 Å². The number of rotatable bonds is 8. The second kappa shape index (κ2) is 8.09. The standard InChI is InChI=1S/C20H28/c1-3-5-7-12-17(11-6-4-2)20-16-10-14-18-13-8-9-15-19(18)20/h8-10,13-17H,3-7,11-12H2,1-2H3. The van der Waals surface area contributed by atoms with Crippen LogP contribution in [0.25, 0.3) is 10.8 Å². The highest BCUT2D eigenvalue weighted by Gasteiger charge is 2.13. The second-order valence-electron chi connectivity index (χ2n) is 5.90. The van der Waals surface area contributed by atoms with Crippen molar-refractivity contribution in [2.45, 2.75) is 64.7 Å². The lowest BCUT2D eigenvalue weighted by atomic mass is 9.86. The first-order valence-corrected chi connectivity index (χ1v) is 8.34. The molecule has 0 fully saturated rings. The van der Waals surface area contributed by atoms with Gasteiger partial charge in [0.1, 0.15) is 0 Å². The molecule has 0 bridgehead atoms. The van der Waals surface area contributed by atoms with Gasteiger partial charge in [-0.1, -0.05) is 88.4 Å². The van der Waals surface area contributed by atoms with Crippen LogP contribution in [0.4, 0.5) is 0 Å². The number of benzene rings is 2. The lowest BCUT2D eigenvalue weighted by molar-refractivity contribution is 0.517. The Hall–Kier alpha value is -1.30. The van der Waals surface area contributed by atoms with E-state index in [-0.39, 0.29) is 0 Å². The number of unbranched alkanes of at least 4 members (excludes halogenated alkanes) is 3. The summed E-state index contributed by atoms with van der Waals surface area (Å²) in [5.41, 5.74) is 1.58. The fourth-order valence-corrected chi connectivity index (χ4v) is 3.15. The quantitative estimate of drug-likeness (QED) is 0.468. The zero-order chi connectivity index (χ0) is 14.2. The summed E-state index contributed by atoms with van der Waals surface area (Å²) in [6, 6.07) is 15.7. The molecule has 2 aromatic rings. The smallest absolute Gasteiger partial charge is 0.0149 e. The maximum absolute atomic E-state index is 2.36. The fourth-order valence-electron chi connectivity index (χ4n) is 3.15. The van der Waals surface area contributed by atoms with Gasteiger partial charge >= 0.3 is 0 Å². The zero-order valence-electron chi connectivity index (χ0n) is 13.1. The van der Waals surface area contributed by atoms with E-state index in [9.17, 15) is 0 Å². The first kappa shape index (κ1) is 15.1. The third-order valence-electron chi connectivity index (χ3n) is 4.33. The topological polar surface area (TPSA) is 0 Å². The van der Waals surface area contributed by atoms with Gasteiger partial charge in [0.15, 0.2) is 0 Å². The molecule has 2 aromatic carbocycles. The minimum Gasteiger partial charge on any atom is -0.0654 e. The summed E-state index contributed by atoms with van der Waals surface area (Å²) in [4.78, 5) is 0. The van der Waals surface area contributed by atoms with Crippen LogP contribution in [0.5, 0.6) is 0 Å². The van der Waals surface area contributed by atoms with E-state index >= 15 is 0 Å². The van der Waals surface area contributed by atoms with Crippen LogP contribution in [0, 0.1) is 0 Å². The molecular formula is C20H28. The Morgan fingerprint density at radius 2 is 1.45 bits per heavy atom. The Balaban J connectivity index is 2.24. The van der Waals surface area contributed by atoms with Gasteiger partial charge in [0.25, 0.3) is 0 Å². The van der Waals surface area contributed by atoms with Gasteiger partial charge in [-0.3, -0.25) is 0 Å². The van der Waals surface area contributed by atoms with Gasteiger partial charge in [0.05, 0.1) is 0 Å². The van der Waals surface area contributed by atoms with Crippen molar-refractivity contribution in [1.82, 2.24) is 0 Å². The van der Waals surface area contributed by atoms with Gasteiger partial charge in [-0.25, -0.2) is 0 Å². The lowest BCUT2D eigenvalue weighted by Gasteiger charge is -2.19. The molecule has 1 atom stereocenters. The van der Waals surface area contributed by atoms with Crippen molar-refractivity contribution in [2.75, 3.05) is 0 Å². The highest BCUT2D eigenvalue weighted by molar-refractivity contribution is 5.86. The average molecular weight is 268 g/mol. The van der Waals surface area contributed by atoms with Crippen LogP contribution >= 0.6 is 0 Å². The highest BCUT2D eigenvalue weighted by atomic mass is 14.2. The Morgan fingerprint density at radius 3 is 2.25 bits per heavy atom. The van der Waals surface area contributed by atoms with Crippen molar-refractivity contribution in [2.24, 2.45) is 0 Å². The van der Waals surface area contributed by atoms with Crippen molar-refractivity contribution in [1.29, 1.82) is 0 Å². The van der Waals surface area contributed by atoms with Crippen molar-refractivity contribution in [3.05, 3.63) is 48.0 Å². The van der Waals surface area contributed by atoms with Crippen molar-refractivity contribution in [3.8, 4) is 0 Å². The highest BCUT2D eigenvalue weighted by Crippen LogP contribution is 2.33. The number of hydrogen-bond acceptors (Lipinski definition) is 0. The van der Waals surface area contributed by atoms with Crippen LogP contribution in [-0.2, 0) is 0 Å². The van der Waals surface area contributed by atoms with Crippen molar-refractivity contribution in [3.63, 3.8) is 0 Å². The SMILES string of the molecule is CCCCCC(CCCC)c1cccc2ccccc12. The molecule has 0 nitrogen and oxygen atoms in total. The summed E-state index contributed by atoms with van der Waals surface area (Å²) < 4.78 is 0. The molecule has 1 unspecified atom stereocenters. The van der Waals surface area contributed by atoms with E-state index in [0.29, 0.717) is 0 Å². The molecule has 0 heterocycles. The molecular weight excluding hydrogens is 240 g/mol. The molecule has 0 heteroatoms. The van der Waals surface area contributed by atoms with E-state index in [0.717, 1.165) is 5.92 Å². The normalized spacial score (nSPS) is 12.7. The molecule has 0 aliphatic rings. The maximum Gasteiger partial charge on any atom is -0.0149 e. The van der Waals surface area contributed by atoms with Gasteiger partial charge in [-0.2, -0.15) is 0 Å². The monoisotopic (exact) mass is 268 g/mol. The van der Waals surface area contributed by atoms with Crippen LogP contribution in [0.2, 0.25) is 0 Å². The largest absolute Gasteiger partial charge is 0.0654 e. The van der Waals surface area contributed by atoms with Crippen LogP contribution in [0.3, 0.4) is 0 Å². The molecule has 0 amide bonds. The summed E-state index contributed by atoms with van der Waals surface area (Å²) in [6.45, 7) is 4.59. The van der Waals surface area contributed by atoms with E-state index in [4.69, 9.17) is 0 Å². The number of fused-ring (bicyclic) bond motifs is 1. The van der Waals surface area contributed by atoms with Gasteiger partial charge in [-0.05, 0) is 35.1 Å². The summed E-state index contributed by atoms with van der Waals surface area (Å²) >= 11 is 0. The van der Waals surface area contributed by atoms with Gasteiger partial charge in [0.2, 0.25) is 0 Å². The van der Waals surface area contributed by atoms with Gasteiger partial charge in [0, 0.05) is 0 Å². The Morgan fingerprint density at radius 1 is 0.750 bits per heavy atom. The van der Waals surface area contributed by atoms with Crippen molar-refractivity contribution >= 4 is 10.8 Å². The molecule has 0 N–H and O–H groups in total. The predicted molar refractivity (Wildman–Crippen MR) is 90.4 cm³/mol. The van der Waals surface area contributed by atoms with Crippen LogP contribution in [0.1, 0.15) is 70.3 Å². The molecule has 0 saturated heterocycles. The Labute approximate surface area is 124 Å². The minimum absolute atomic E-state index is 0.743. The summed E-state index contributed by atoms with van der Waals surface area (Å²) in [5.74, 6) is 0.743. The predicted octanol–water partition coefficient (Wildman–Crippen LogP) is 6.69. The van der Waals surface area contributed by atoms with E-state index in [1.165, 1.54) is 55.7 Å². The molecule has 20 heavy (non-hydrogen) atoms. The third kappa shape index (κ3) is 3.85. The second-order valence-corrected chi connectivity index (χ2v) is 5.90. The summed E-state index contributed by atoms with van der Waals surface area (Å²) in [5, 5.41) is 2.86. The van der Waals surface area contributed by atoms with Crippen molar-refractivity contribution < 1.29 is 0 Å². The van der Waals surface area contributed by atoms with Crippen LogP contribution in [0.15, 0.2) is 42.5 Å². The Kier molecular flexibility index (Phi) is 6.11. The first-order valence-electron chi connectivity index (χ1n) is 8.34. The fraction of sp³-hybridized carbons (Fsp3) is 0.500. The van der Waals surface area contributed by atoms with Gasteiger partial charge < -0.3 is 0 Å². The minimum atomic E-state index is 0.743. The van der Waals surface area contributed by atoms with E-state index in [2.05, 4.69) is 56.3 Å².